The summed E-state index contributed by atoms with van der Waals surface area (Å²) in [6.45, 7) is 9.01. The second kappa shape index (κ2) is 10.5. The van der Waals surface area contributed by atoms with Crippen molar-refractivity contribution >= 4 is 18.4 Å². The summed E-state index contributed by atoms with van der Waals surface area (Å²) in [4.78, 5) is 14.3. The van der Waals surface area contributed by atoms with Gasteiger partial charge in [0.2, 0.25) is 0 Å². The van der Waals surface area contributed by atoms with Gasteiger partial charge in [0.05, 0.1) is 0 Å². The molecule has 0 aliphatic heterocycles. The zero-order chi connectivity index (χ0) is 17.5. The summed E-state index contributed by atoms with van der Waals surface area (Å²) in [5.41, 5.74) is 1.67. The summed E-state index contributed by atoms with van der Waals surface area (Å²) in [5.74, 6) is 0.0209. The van der Waals surface area contributed by atoms with E-state index in [1.165, 1.54) is 5.57 Å². The largest absolute Gasteiger partial charge is 0.453 e. The van der Waals surface area contributed by atoms with Crippen LogP contribution in [0.3, 0.4) is 0 Å². The summed E-state index contributed by atoms with van der Waals surface area (Å²) in [6, 6.07) is 10.1. The zero-order valence-corrected chi connectivity index (χ0v) is 16.7. The molecule has 136 valence electrons. The van der Waals surface area contributed by atoms with E-state index in [1.807, 2.05) is 25.1 Å². The molecular formula is C20H32ClNO2. The van der Waals surface area contributed by atoms with E-state index in [1.54, 1.807) is 0 Å². The number of benzene rings is 1. The Balaban J connectivity index is 0.00000529. The van der Waals surface area contributed by atoms with Gasteiger partial charge in [0, 0.05) is 25.3 Å². The molecule has 0 aliphatic rings. The summed E-state index contributed by atoms with van der Waals surface area (Å²) in [6.07, 6.45) is 3.25. The molecule has 0 saturated heterocycles. The maximum atomic E-state index is 12.2. The minimum atomic E-state index is -0.629. The molecule has 0 heterocycles. The first-order valence-electron chi connectivity index (χ1n) is 8.37. The van der Waals surface area contributed by atoms with E-state index in [0.717, 1.165) is 12.1 Å². The molecule has 0 fully saturated rings. The highest BCUT2D eigenvalue weighted by Crippen LogP contribution is 2.39. The van der Waals surface area contributed by atoms with Gasteiger partial charge >= 0.3 is 5.97 Å². The third-order valence-electron chi connectivity index (χ3n) is 4.10. The number of hydrogen-bond acceptors (Lipinski definition) is 3. The Morgan fingerprint density at radius 2 is 1.83 bits per heavy atom. The average Bonchev–Trinajstić information content (AvgIpc) is 2.51. The smallest absolute Gasteiger partial charge is 0.306 e. The molecule has 0 bridgehead atoms. The van der Waals surface area contributed by atoms with Crippen molar-refractivity contribution in [1.82, 2.24) is 4.90 Å². The monoisotopic (exact) mass is 353 g/mol. The summed E-state index contributed by atoms with van der Waals surface area (Å²) in [7, 11) is 4.10. The van der Waals surface area contributed by atoms with Gasteiger partial charge in [-0.1, -0.05) is 55.8 Å². The van der Waals surface area contributed by atoms with Gasteiger partial charge in [0.25, 0.3) is 0 Å². The fraction of sp³-hybridized carbons (Fsp3) is 0.550. The molecule has 0 radical (unpaired) electrons. The number of rotatable bonds is 8. The van der Waals surface area contributed by atoms with Crippen molar-refractivity contribution in [2.24, 2.45) is 5.92 Å². The van der Waals surface area contributed by atoms with E-state index in [9.17, 15) is 4.79 Å². The van der Waals surface area contributed by atoms with Crippen LogP contribution in [0.5, 0.6) is 0 Å². The number of halogens is 1. The third kappa shape index (κ3) is 6.29. The molecule has 1 aromatic rings. The first-order chi connectivity index (χ1) is 10.8. The zero-order valence-electron chi connectivity index (χ0n) is 15.8. The first kappa shape index (κ1) is 22.7. The summed E-state index contributed by atoms with van der Waals surface area (Å²) in [5, 5.41) is 0. The predicted molar refractivity (Wildman–Crippen MR) is 104 cm³/mol. The van der Waals surface area contributed by atoms with Crippen LogP contribution in [0, 0.1) is 5.92 Å². The van der Waals surface area contributed by atoms with E-state index in [-0.39, 0.29) is 24.3 Å². The Morgan fingerprint density at radius 3 is 2.29 bits per heavy atom. The number of hydrogen-bond donors (Lipinski definition) is 0. The van der Waals surface area contributed by atoms with E-state index >= 15 is 0 Å². The molecule has 1 aromatic carbocycles. The van der Waals surface area contributed by atoms with Gasteiger partial charge < -0.3 is 9.64 Å². The molecular weight excluding hydrogens is 322 g/mol. The van der Waals surface area contributed by atoms with E-state index in [4.69, 9.17) is 4.74 Å². The second-order valence-corrected chi connectivity index (χ2v) is 6.73. The molecule has 24 heavy (non-hydrogen) atoms. The number of nitrogens with zero attached hydrogens (tertiary/aromatic N) is 1. The van der Waals surface area contributed by atoms with Crippen LogP contribution in [-0.4, -0.2) is 31.5 Å². The number of carbonyl (C=O) groups is 1. The Labute approximate surface area is 153 Å². The number of ether oxygens (including phenoxy) is 1. The minimum Gasteiger partial charge on any atom is -0.453 e. The summed E-state index contributed by atoms with van der Waals surface area (Å²) >= 11 is 0. The lowest BCUT2D eigenvalue weighted by molar-refractivity contribution is -0.167. The van der Waals surface area contributed by atoms with E-state index in [2.05, 4.69) is 58.0 Å². The van der Waals surface area contributed by atoms with Crippen LogP contribution >= 0.6 is 12.4 Å². The van der Waals surface area contributed by atoms with Gasteiger partial charge in [-0.05, 0) is 33.5 Å². The van der Waals surface area contributed by atoms with Crippen LogP contribution in [0.4, 0.5) is 0 Å². The third-order valence-corrected chi connectivity index (χ3v) is 4.10. The Bertz CT molecular complexity index is 524. The topological polar surface area (TPSA) is 29.5 Å². The second-order valence-electron chi connectivity index (χ2n) is 6.73. The fourth-order valence-electron chi connectivity index (χ4n) is 2.85. The van der Waals surface area contributed by atoms with Crippen molar-refractivity contribution in [3.05, 3.63) is 47.5 Å². The van der Waals surface area contributed by atoms with E-state index in [0.29, 0.717) is 12.8 Å². The quantitative estimate of drug-likeness (QED) is 0.496. The average molecular weight is 354 g/mol. The molecule has 0 aromatic heterocycles. The molecule has 3 nitrogen and oxygen atoms in total. The Kier molecular flexibility index (Phi) is 9.95. The number of carbonyl (C=O) groups excluding carboxylic acids is 1. The molecule has 0 amide bonds. The fourth-order valence-corrected chi connectivity index (χ4v) is 2.85. The van der Waals surface area contributed by atoms with Crippen molar-refractivity contribution in [1.29, 1.82) is 0 Å². The number of allylic oxidation sites excluding steroid dienone is 1. The Hall–Kier alpha value is -1.32. The molecule has 0 spiro atoms. The highest BCUT2D eigenvalue weighted by Gasteiger charge is 2.41. The van der Waals surface area contributed by atoms with Gasteiger partial charge in [-0.3, -0.25) is 4.79 Å². The van der Waals surface area contributed by atoms with Gasteiger partial charge in [-0.15, -0.1) is 12.4 Å². The lowest BCUT2D eigenvalue weighted by Gasteiger charge is -2.40. The predicted octanol–water partition coefficient (Wildman–Crippen LogP) is 4.81. The molecule has 2 atom stereocenters. The Morgan fingerprint density at radius 1 is 1.25 bits per heavy atom. The van der Waals surface area contributed by atoms with Gasteiger partial charge in [-0.25, -0.2) is 0 Å². The van der Waals surface area contributed by atoms with Crippen molar-refractivity contribution in [3.63, 3.8) is 0 Å². The van der Waals surface area contributed by atoms with Crippen LogP contribution < -0.4 is 0 Å². The number of esters is 1. The SMILES string of the molecule is CCC(=O)OC(CC=C(C)C)(c1ccccc1)C(C)CN(C)C.Cl. The summed E-state index contributed by atoms with van der Waals surface area (Å²) < 4.78 is 6.08. The highest BCUT2D eigenvalue weighted by molar-refractivity contribution is 5.85. The standard InChI is InChI=1S/C20H31NO2.ClH/c1-7-19(22)23-20(14-13-16(2)3,17(4)15-21(5)6)18-11-9-8-10-12-18;/h8-13,17H,7,14-15H2,1-6H3;1H. The molecule has 4 heteroatoms. The maximum Gasteiger partial charge on any atom is 0.306 e. The van der Waals surface area contributed by atoms with E-state index < -0.39 is 5.60 Å². The van der Waals surface area contributed by atoms with Crippen LogP contribution in [-0.2, 0) is 15.1 Å². The van der Waals surface area contributed by atoms with Crippen LogP contribution in [0.25, 0.3) is 0 Å². The lowest BCUT2D eigenvalue weighted by atomic mass is 9.78. The molecule has 0 aliphatic carbocycles. The molecule has 0 saturated carbocycles. The van der Waals surface area contributed by atoms with Gasteiger partial charge in [0.15, 0.2) is 0 Å². The molecule has 2 unspecified atom stereocenters. The minimum absolute atomic E-state index is 0. The highest BCUT2D eigenvalue weighted by atomic mass is 35.5. The molecule has 0 N–H and O–H groups in total. The molecule has 1 rings (SSSR count). The van der Waals surface area contributed by atoms with Crippen molar-refractivity contribution in [2.75, 3.05) is 20.6 Å². The van der Waals surface area contributed by atoms with Crippen molar-refractivity contribution in [2.45, 2.75) is 46.1 Å². The van der Waals surface area contributed by atoms with Gasteiger partial charge in [0.1, 0.15) is 5.60 Å². The normalized spacial score (nSPS) is 14.3. The van der Waals surface area contributed by atoms with Crippen LogP contribution in [0.2, 0.25) is 0 Å². The van der Waals surface area contributed by atoms with Gasteiger partial charge in [-0.2, -0.15) is 0 Å². The lowest BCUT2D eigenvalue weighted by Crippen LogP contribution is -2.42. The maximum absolute atomic E-state index is 12.2. The van der Waals surface area contributed by atoms with Crippen molar-refractivity contribution < 1.29 is 9.53 Å². The first-order valence-corrected chi connectivity index (χ1v) is 8.37. The van der Waals surface area contributed by atoms with Crippen molar-refractivity contribution in [3.8, 4) is 0 Å². The van der Waals surface area contributed by atoms with Crippen LogP contribution in [0.1, 0.15) is 46.1 Å². The van der Waals surface area contributed by atoms with Crippen LogP contribution in [0.15, 0.2) is 42.0 Å².